The van der Waals surface area contributed by atoms with Crippen LogP contribution in [0.3, 0.4) is 0 Å². The molecule has 1 N–H and O–H groups in total. The number of benzene rings is 7. The Bertz CT molecular complexity index is 2700. The summed E-state index contributed by atoms with van der Waals surface area (Å²) in [6.07, 6.45) is 3.83. The second-order valence-corrected chi connectivity index (χ2v) is 12.6. The van der Waals surface area contributed by atoms with E-state index in [1.54, 1.807) is 0 Å². The zero-order valence-corrected chi connectivity index (χ0v) is 27.0. The first-order valence-corrected chi connectivity index (χ1v) is 16.9. The molecule has 0 saturated carbocycles. The summed E-state index contributed by atoms with van der Waals surface area (Å²) in [4.78, 5) is 10.4. The molecule has 0 radical (unpaired) electrons. The normalized spacial score (nSPS) is 15.1. The minimum absolute atomic E-state index is 0.483. The molecule has 8 aromatic rings. The van der Waals surface area contributed by atoms with Gasteiger partial charge in [0.15, 0.2) is 5.84 Å². The molecule has 5 heteroatoms. The monoisotopic (exact) mass is 642 g/mol. The second kappa shape index (κ2) is 11.5. The Kier molecular flexibility index (Phi) is 6.49. The predicted octanol–water partition coefficient (Wildman–Crippen LogP) is 10.8. The molecule has 0 spiro atoms. The molecule has 0 fully saturated rings. The lowest BCUT2D eigenvalue weighted by molar-refractivity contribution is 0.480. The highest BCUT2D eigenvalue weighted by Crippen LogP contribution is 2.42. The molecule has 0 amide bonds. The van der Waals surface area contributed by atoms with Gasteiger partial charge in [0.25, 0.3) is 0 Å². The van der Waals surface area contributed by atoms with Crippen LogP contribution in [0.25, 0.3) is 55.9 Å². The standard InChI is InChI=1S/C45H30N4O/c1-2-13-32(14-3-1)43-46-44(33-23-21-30(22-24-33)35-18-10-15-29-11-4-6-16-34(29)35)48-45(47-43)49-39-19-8-7-17-36(39)37-27-28-41-38(42(37)49)26-25-31-12-5-9-20-40(31)50-41/h1-28,45H,(H,46,47,48). The van der Waals surface area contributed by atoms with Crippen molar-refractivity contribution in [2.45, 2.75) is 6.29 Å². The van der Waals surface area contributed by atoms with Gasteiger partial charge in [-0.2, -0.15) is 0 Å². The van der Waals surface area contributed by atoms with Gasteiger partial charge >= 0.3 is 0 Å². The number of nitrogens with zero attached hydrogens (tertiary/aromatic N) is 3. The van der Waals surface area contributed by atoms with E-state index in [0.29, 0.717) is 5.84 Å². The summed E-state index contributed by atoms with van der Waals surface area (Å²) in [7, 11) is 0. The fourth-order valence-electron chi connectivity index (χ4n) is 7.32. The van der Waals surface area contributed by atoms with Crippen molar-refractivity contribution in [3.8, 4) is 22.6 Å². The Morgan fingerprint density at radius 3 is 2.18 bits per heavy atom. The fourth-order valence-corrected chi connectivity index (χ4v) is 7.32. The van der Waals surface area contributed by atoms with Crippen LogP contribution >= 0.6 is 0 Å². The highest BCUT2D eigenvalue weighted by molar-refractivity contribution is 6.15. The lowest BCUT2D eigenvalue weighted by Gasteiger charge is -2.26. The predicted molar refractivity (Wildman–Crippen MR) is 206 cm³/mol. The molecule has 2 aliphatic heterocycles. The minimum Gasteiger partial charge on any atom is -0.456 e. The maximum atomic E-state index is 6.55. The summed E-state index contributed by atoms with van der Waals surface area (Å²) in [5.74, 6) is 3.09. The van der Waals surface area contributed by atoms with Crippen LogP contribution in [-0.2, 0) is 0 Å². The van der Waals surface area contributed by atoms with Crippen molar-refractivity contribution in [2.24, 2.45) is 9.98 Å². The van der Waals surface area contributed by atoms with Crippen LogP contribution in [0.1, 0.15) is 28.5 Å². The number of nitrogens with one attached hydrogen (secondary N) is 1. The van der Waals surface area contributed by atoms with Crippen LogP contribution in [0.2, 0.25) is 0 Å². The molecule has 0 saturated heterocycles. The molecule has 5 nitrogen and oxygen atoms in total. The number of aliphatic imine (C=N–C) groups is 2. The molecular formula is C45H30N4O. The molecule has 7 aromatic carbocycles. The van der Waals surface area contributed by atoms with E-state index in [4.69, 9.17) is 14.7 Å². The topological polar surface area (TPSA) is 50.9 Å². The van der Waals surface area contributed by atoms with Gasteiger partial charge in [-0.3, -0.25) is 4.57 Å². The maximum absolute atomic E-state index is 6.55. The summed E-state index contributed by atoms with van der Waals surface area (Å²) in [6.45, 7) is 0. The summed E-state index contributed by atoms with van der Waals surface area (Å²) in [5, 5.41) is 8.51. The quantitative estimate of drug-likeness (QED) is 0.208. The number of amidine groups is 2. The Balaban J connectivity index is 1.13. The van der Waals surface area contributed by atoms with Gasteiger partial charge in [0.05, 0.1) is 11.0 Å². The van der Waals surface area contributed by atoms with E-state index < -0.39 is 6.29 Å². The van der Waals surface area contributed by atoms with Gasteiger partial charge in [0.2, 0.25) is 6.29 Å². The van der Waals surface area contributed by atoms with Gasteiger partial charge in [0.1, 0.15) is 17.3 Å². The van der Waals surface area contributed by atoms with E-state index in [1.807, 2.05) is 36.4 Å². The molecule has 1 aromatic heterocycles. The fraction of sp³-hybridized carbons (Fsp3) is 0.0222. The zero-order valence-electron chi connectivity index (χ0n) is 27.0. The van der Waals surface area contributed by atoms with Crippen molar-refractivity contribution in [1.82, 2.24) is 9.88 Å². The van der Waals surface area contributed by atoms with Crippen LogP contribution in [0, 0.1) is 0 Å². The van der Waals surface area contributed by atoms with E-state index >= 15 is 0 Å². The van der Waals surface area contributed by atoms with Crippen molar-refractivity contribution < 1.29 is 4.74 Å². The van der Waals surface area contributed by atoms with Crippen LogP contribution in [-0.4, -0.2) is 16.2 Å². The number of rotatable bonds is 4. The summed E-state index contributed by atoms with van der Waals surface area (Å²) < 4.78 is 8.85. The first-order chi connectivity index (χ1) is 24.8. The number of fused-ring (bicyclic) bond motifs is 7. The maximum Gasteiger partial charge on any atom is 0.204 e. The van der Waals surface area contributed by atoms with E-state index in [9.17, 15) is 0 Å². The van der Waals surface area contributed by atoms with Crippen molar-refractivity contribution in [3.05, 3.63) is 180 Å². The number of para-hydroxylation sites is 2. The zero-order chi connectivity index (χ0) is 33.0. The number of hydrogen-bond donors (Lipinski definition) is 1. The second-order valence-electron chi connectivity index (χ2n) is 12.6. The van der Waals surface area contributed by atoms with E-state index in [0.717, 1.165) is 67.0 Å². The van der Waals surface area contributed by atoms with Crippen LogP contribution in [0.15, 0.2) is 168 Å². The summed E-state index contributed by atoms with van der Waals surface area (Å²) >= 11 is 0. The molecule has 1 atom stereocenters. The molecule has 236 valence electrons. The van der Waals surface area contributed by atoms with E-state index in [2.05, 4.69) is 143 Å². The number of hydrogen-bond acceptors (Lipinski definition) is 4. The minimum atomic E-state index is -0.483. The Labute approximate surface area is 289 Å². The largest absolute Gasteiger partial charge is 0.456 e. The molecule has 1 unspecified atom stereocenters. The van der Waals surface area contributed by atoms with Gasteiger partial charge in [-0.25, -0.2) is 9.98 Å². The van der Waals surface area contributed by atoms with Crippen molar-refractivity contribution >= 4 is 56.4 Å². The molecule has 0 aliphatic carbocycles. The van der Waals surface area contributed by atoms with E-state index in [-0.39, 0.29) is 0 Å². The number of aromatic nitrogens is 1. The van der Waals surface area contributed by atoms with Gasteiger partial charge in [0, 0.05) is 33.0 Å². The number of ether oxygens (including phenoxy) is 1. The molecule has 0 bridgehead atoms. The van der Waals surface area contributed by atoms with Crippen LogP contribution < -0.4 is 10.1 Å². The Hall–Kier alpha value is -6.72. The van der Waals surface area contributed by atoms with Gasteiger partial charge in [-0.05, 0) is 52.2 Å². The lowest BCUT2D eigenvalue weighted by atomic mass is 9.97. The molecular weight excluding hydrogens is 613 g/mol. The first-order valence-electron chi connectivity index (χ1n) is 16.9. The lowest BCUT2D eigenvalue weighted by Crippen LogP contribution is -2.36. The van der Waals surface area contributed by atoms with Gasteiger partial charge in [-0.15, -0.1) is 0 Å². The van der Waals surface area contributed by atoms with Crippen LogP contribution in [0.5, 0.6) is 11.5 Å². The third-order valence-electron chi connectivity index (χ3n) is 9.70. The smallest absolute Gasteiger partial charge is 0.204 e. The summed E-state index contributed by atoms with van der Waals surface area (Å²) in [6, 6.07) is 54.8. The third-order valence-corrected chi connectivity index (χ3v) is 9.70. The van der Waals surface area contributed by atoms with Crippen molar-refractivity contribution in [3.63, 3.8) is 0 Å². The van der Waals surface area contributed by atoms with E-state index in [1.165, 1.54) is 16.3 Å². The SMILES string of the molecule is C1=Cc2c(ccc3c4ccccc4n(C4N=C(c5ccccc5)N=C(c5ccc(-c6cccc7ccccc67)cc5)N4)c23)Oc2ccccc21. The average Bonchev–Trinajstić information content (AvgIpc) is 3.40. The van der Waals surface area contributed by atoms with Gasteiger partial charge < -0.3 is 10.1 Å². The van der Waals surface area contributed by atoms with Crippen LogP contribution in [0.4, 0.5) is 0 Å². The third kappa shape index (κ3) is 4.63. The summed E-state index contributed by atoms with van der Waals surface area (Å²) in [5.41, 5.74) is 8.50. The van der Waals surface area contributed by atoms with Crippen molar-refractivity contribution in [1.29, 1.82) is 0 Å². The van der Waals surface area contributed by atoms with Crippen molar-refractivity contribution in [2.75, 3.05) is 0 Å². The molecule has 50 heavy (non-hydrogen) atoms. The highest BCUT2D eigenvalue weighted by Gasteiger charge is 2.27. The highest BCUT2D eigenvalue weighted by atomic mass is 16.5. The molecule has 2 aliphatic rings. The van der Waals surface area contributed by atoms with Gasteiger partial charge in [-0.1, -0.05) is 140 Å². The molecule has 10 rings (SSSR count). The first kappa shape index (κ1) is 28.3. The molecule has 3 heterocycles. The Morgan fingerprint density at radius 2 is 1.28 bits per heavy atom. The Morgan fingerprint density at radius 1 is 0.540 bits per heavy atom. The average molecular weight is 643 g/mol.